The molecule has 180 valence electrons. The number of benzene rings is 2. The van der Waals surface area contributed by atoms with Crippen molar-refractivity contribution in [3.63, 3.8) is 0 Å². The SMILES string of the molecule is CCOC(=O)c1c(C)oc2ccc(N(C(=O)N3CCOCC3)S(=O)(=O)c3ccc(Cl)cc3)cc12. The van der Waals surface area contributed by atoms with E-state index in [-0.39, 0.29) is 35.8 Å². The number of carbonyl (C=O) groups is 2. The highest BCUT2D eigenvalue weighted by molar-refractivity contribution is 7.93. The third-order valence-corrected chi connectivity index (χ3v) is 7.34. The fourth-order valence-corrected chi connectivity index (χ4v) is 5.27. The van der Waals surface area contributed by atoms with Crippen LogP contribution in [-0.2, 0) is 19.5 Å². The third kappa shape index (κ3) is 4.48. The molecule has 4 rings (SSSR count). The van der Waals surface area contributed by atoms with E-state index in [1.165, 1.54) is 47.4 Å². The standard InChI is InChI=1S/C23H23ClN2O7S/c1-3-32-22(27)21-15(2)33-20-9-6-17(14-19(20)21)26(23(28)25-10-12-31-13-11-25)34(29,30)18-7-4-16(24)5-8-18/h4-9,14H,3,10-13H2,1-2H3. The predicted octanol–water partition coefficient (Wildman–Crippen LogP) is 4.22. The van der Waals surface area contributed by atoms with E-state index in [0.29, 0.717) is 35.0 Å². The van der Waals surface area contributed by atoms with E-state index in [2.05, 4.69) is 0 Å². The molecule has 1 fully saturated rings. The molecule has 0 spiro atoms. The number of sulfonamides is 1. The molecule has 1 saturated heterocycles. The van der Waals surface area contributed by atoms with Crippen LogP contribution in [0.2, 0.25) is 5.02 Å². The van der Waals surface area contributed by atoms with Gasteiger partial charge >= 0.3 is 12.0 Å². The lowest BCUT2D eigenvalue weighted by molar-refractivity contribution is 0.0526. The van der Waals surface area contributed by atoms with Gasteiger partial charge in [0, 0.05) is 23.5 Å². The van der Waals surface area contributed by atoms with E-state index in [0.717, 1.165) is 4.31 Å². The number of carbonyl (C=O) groups excluding carboxylic acids is 2. The number of furan rings is 1. The summed E-state index contributed by atoms with van der Waals surface area (Å²) in [6.07, 6.45) is 0. The number of nitrogens with zero attached hydrogens (tertiary/aromatic N) is 2. The topological polar surface area (TPSA) is 106 Å². The average molecular weight is 507 g/mol. The molecule has 1 aliphatic heterocycles. The molecular weight excluding hydrogens is 484 g/mol. The van der Waals surface area contributed by atoms with Gasteiger partial charge < -0.3 is 18.8 Å². The van der Waals surface area contributed by atoms with Crippen LogP contribution < -0.4 is 4.31 Å². The average Bonchev–Trinajstić information content (AvgIpc) is 3.15. The summed E-state index contributed by atoms with van der Waals surface area (Å²) in [5.41, 5.74) is 0.610. The molecule has 3 aromatic rings. The van der Waals surface area contributed by atoms with E-state index < -0.39 is 22.0 Å². The molecule has 2 heterocycles. The molecule has 0 saturated carbocycles. The molecule has 1 aliphatic rings. The summed E-state index contributed by atoms with van der Waals surface area (Å²) in [6.45, 7) is 4.55. The van der Waals surface area contributed by atoms with E-state index >= 15 is 0 Å². The third-order valence-electron chi connectivity index (χ3n) is 5.37. The maximum atomic E-state index is 13.7. The Labute approximate surface area is 201 Å². The van der Waals surface area contributed by atoms with Crippen LogP contribution in [0.5, 0.6) is 0 Å². The Bertz CT molecular complexity index is 1330. The molecule has 9 nitrogen and oxygen atoms in total. The summed E-state index contributed by atoms with van der Waals surface area (Å²) in [5, 5.41) is 0.707. The largest absolute Gasteiger partial charge is 0.462 e. The van der Waals surface area contributed by atoms with Crippen molar-refractivity contribution in [1.82, 2.24) is 4.90 Å². The molecule has 0 atom stereocenters. The summed E-state index contributed by atoms with van der Waals surface area (Å²) < 4.78 is 44.2. The van der Waals surface area contributed by atoms with Crippen LogP contribution in [0.4, 0.5) is 10.5 Å². The Morgan fingerprint density at radius 1 is 1.12 bits per heavy atom. The van der Waals surface area contributed by atoms with Gasteiger partial charge in [-0.1, -0.05) is 11.6 Å². The lowest BCUT2D eigenvalue weighted by atomic mass is 10.1. The van der Waals surface area contributed by atoms with E-state index in [4.69, 9.17) is 25.5 Å². The number of aryl methyl sites for hydroxylation is 1. The van der Waals surface area contributed by atoms with Gasteiger partial charge in [-0.05, 0) is 56.3 Å². The van der Waals surface area contributed by atoms with Gasteiger partial charge in [-0.15, -0.1) is 0 Å². The van der Waals surface area contributed by atoms with Crippen LogP contribution in [0.1, 0.15) is 23.0 Å². The number of fused-ring (bicyclic) bond motifs is 1. The highest BCUT2D eigenvalue weighted by Crippen LogP contribution is 2.33. The first-order chi connectivity index (χ1) is 16.2. The van der Waals surface area contributed by atoms with Gasteiger partial charge in [-0.3, -0.25) is 0 Å². The van der Waals surface area contributed by atoms with Crippen molar-refractivity contribution in [3.05, 3.63) is 58.8 Å². The zero-order chi connectivity index (χ0) is 24.5. The summed E-state index contributed by atoms with van der Waals surface area (Å²) in [7, 11) is -4.33. The normalized spacial score (nSPS) is 14.3. The second-order valence-corrected chi connectivity index (χ2v) is 9.76. The van der Waals surface area contributed by atoms with Gasteiger partial charge in [0.15, 0.2) is 0 Å². The van der Waals surface area contributed by atoms with Crippen LogP contribution in [0.3, 0.4) is 0 Å². The number of urea groups is 1. The maximum Gasteiger partial charge on any atom is 0.342 e. The first-order valence-electron chi connectivity index (χ1n) is 10.6. The van der Waals surface area contributed by atoms with Crippen molar-refractivity contribution in [1.29, 1.82) is 0 Å². The fourth-order valence-electron chi connectivity index (χ4n) is 3.74. The minimum atomic E-state index is -4.33. The van der Waals surface area contributed by atoms with E-state index in [9.17, 15) is 18.0 Å². The number of hydrogen-bond donors (Lipinski definition) is 0. The number of hydrogen-bond acceptors (Lipinski definition) is 7. The summed E-state index contributed by atoms with van der Waals surface area (Å²) in [6, 6.07) is 9.26. The van der Waals surface area contributed by atoms with Gasteiger partial charge in [0.25, 0.3) is 10.0 Å². The second-order valence-electron chi connectivity index (χ2n) is 7.54. The van der Waals surface area contributed by atoms with Gasteiger partial charge in [0.1, 0.15) is 16.9 Å². The number of amides is 2. The van der Waals surface area contributed by atoms with Crippen molar-refractivity contribution in [3.8, 4) is 0 Å². The van der Waals surface area contributed by atoms with Gasteiger partial charge in [0.2, 0.25) is 0 Å². The minimum absolute atomic E-state index is 0.0605. The molecule has 2 amide bonds. The van der Waals surface area contributed by atoms with Crippen LogP contribution in [0.25, 0.3) is 11.0 Å². The second kappa shape index (κ2) is 9.65. The Morgan fingerprint density at radius 3 is 2.44 bits per heavy atom. The Kier molecular flexibility index (Phi) is 6.83. The number of esters is 1. The van der Waals surface area contributed by atoms with Crippen molar-refractivity contribution in [2.75, 3.05) is 37.2 Å². The molecule has 0 aliphatic carbocycles. The van der Waals surface area contributed by atoms with Gasteiger partial charge in [-0.25, -0.2) is 18.0 Å². The lowest BCUT2D eigenvalue weighted by Gasteiger charge is -2.32. The minimum Gasteiger partial charge on any atom is -0.462 e. The van der Waals surface area contributed by atoms with Crippen molar-refractivity contribution >= 4 is 50.3 Å². The molecule has 1 aromatic heterocycles. The van der Waals surface area contributed by atoms with Crippen LogP contribution >= 0.6 is 11.6 Å². The van der Waals surface area contributed by atoms with Crippen molar-refractivity contribution in [2.24, 2.45) is 0 Å². The Morgan fingerprint density at radius 2 is 1.79 bits per heavy atom. The summed E-state index contributed by atoms with van der Waals surface area (Å²) in [4.78, 5) is 27.4. The van der Waals surface area contributed by atoms with E-state index in [1.54, 1.807) is 13.8 Å². The van der Waals surface area contributed by atoms with Gasteiger partial charge in [0.05, 0.1) is 30.4 Å². The highest BCUT2D eigenvalue weighted by atomic mass is 35.5. The van der Waals surface area contributed by atoms with Crippen LogP contribution in [0.15, 0.2) is 51.8 Å². The Hall–Kier alpha value is -3.08. The molecule has 0 radical (unpaired) electrons. The lowest BCUT2D eigenvalue weighted by Crippen LogP contribution is -2.50. The fraction of sp³-hybridized carbons (Fsp3) is 0.304. The molecule has 0 bridgehead atoms. The van der Waals surface area contributed by atoms with E-state index in [1.807, 2.05) is 0 Å². The summed E-state index contributed by atoms with van der Waals surface area (Å²) >= 11 is 5.93. The molecular formula is C23H23ClN2O7S. The first-order valence-corrected chi connectivity index (χ1v) is 12.4. The molecule has 34 heavy (non-hydrogen) atoms. The predicted molar refractivity (Wildman–Crippen MR) is 126 cm³/mol. The zero-order valence-electron chi connectivity index (χ0n) is 18.6. The monoisotopic (exact) mass is 506 g/mol. The molecule has 0 unspecified atom stereocenters. The number of morpholine rings is 1. The zero-order valence-corrected chi connectivity index (χ0v) is 20.2. The maximum absolute atomic E-state index is 13.7. The highest BCUT2D eigenvalue weighted by Gasteiger charge is 2.35. The Balaban J connectivity index is 1.87. The van der Waals surface area contributed by atoms with Crippen LogP contribution in [0, 0.1) is 6.92 Å². The smallest absolute Gasteiger partial charge is 0.342 e. The summed E-state index contributed by atoms with van der Waals surface area (Å²) in [5.74, 6) is -0.264. The number of anilines is 1. The number of ether oxygens (including phenoxy) is 2. The molecule has 11 heteroatoms. The number of halogens is 1. The number of rotatable bonds is 5. The van der Waals surface area contributed by atoms with Gasteiger partial charge in [-0.2, -0.15) is 4.31 Å². The molecule has 2 aromatic carbocycles. The van der Waals surface area contributed by atoms with Crippen molar-refractivity contribution in [2.45, 2.75) is 18.7 Å². The molecule has 0 N–H and O–H groups in total. The first kappa shape index (κ1) is 24.1. The quantitative estimate of drug-likeness (QED) is 0.477. The van der Waals surface area contributed by atoms with Crippen molar-refractivity contribution < 1.29 is 31.9 Å². The van der Waals surface area contributed by atoms with Crippen LogP contribution in [-0.4, -0.2) is 58.2 Å².